The van der Waals surface area contributed by atoms with Gasteiger partial charge >= 0.3 is 0 Å². The summed E-state index contributed by atoms with van der Waals surface area (Å²) in [6.07, 6.45) is 20.8. The van der Waals surface area contributed by atoms with Crippen LogP contribution in [0.4, 0.5) is 0 Å². The van der Waals surface area contributed by atoms with E-state index in [0.717, 1.165) is 48.7 Å². The van der Waals surface area contributed by atoms with Gasteiger partial charge in [0.15, 0.2) is 0 Å². The maximum atomic E-state index is 6.38. The van der Waals surface area contributed by atoms with Gasteiger partial charge in [-0.1, -0.05) is 188 Å². The van der Waals surface area contributed by atoms with Gasteiger partial charge in [0.05, 0.1) is 13.2 Å². The van der Waals surface area contributed by atoms with E-state index in [1.807, 2.05) is 0 Å². The van der Waals surface area contributed by atoms with E-state index in [-0.39, 0.29) is 0 Å². The van der Waals surface area contributed by atoms with E-state index < -0.39 is 0 Å². The summed E-state index contributed by atoms with van der Waals surface area (Å²) in [6.45, 7) is 10.4. The molecule has 4 aromatic carbocycles. The lowest BCUT2D eigenvalue weighted by Gasteiger charge is -2.20. The van der Waals surface area contributed by atoms with E-state index in [9.17, 15) is 0 Å². The molecular weight excluding hydrogens is 609 g/mol. The van der Waals surface area contributed by atoms with Gasteiger partial charge in [0.1, 0.15) is 11.5 Å². The van der Waals surface area contributed by atoms with Gasteiger partial charge in [0, 0.05) is 0 Å². The van der Waals surface area contributed by atoms with Gasteiger partial charge in [-0.2, -0.15) is 0 Å². The first-order valence-electron chi connectivity index (χ1n) is 19.9. The van der Waals surface area contributed by atoms with Crippen molar-refractivity contribution >= 4 is 11.1 Å². The molecule has 0 heterocycles. The highest BCUT2D eigenvalue weighted by molar-refractivity contribution is 6.04. The maximum Gasteiger partial charge on any atom is 0.119 e. The van der Waals surface area contributed by atoms with Crippen molar-refractivity contribution in [3.63, 3.8) is 0 Å². The molecule has 2 heteroatoms. The summed E-state index contributed by atoms with van der Waals surface area (Å²) in [4.78, 5) is 0. The van der Waals surface area contributed by atoms with Crippen molar-refractivity contribution in [2.75, 3.05) is 13.2 Å². The molecule has 0 fully saturated rings. The van der Waals surface area contributed by atoms with Crippen LogP contribution >= 0.6 is 0 Å². The van der Waals surface area contributed by atoms with Gasteiger partial charge in [-0.25, -0.2) is 0 Å². The average molecular weight is 673 g/mol. The smallest absolute Gasteiger partial charge is 0.119 e. The van der Waals surface area contributed by atoms with E-state index in [0.29, 0.717) is 0 Å². The lowest BCUT2D eigenvalue weighted by molar-refractivity contribution is 0.304. The molecule has 0 saturated heterocycles. The monoisotopic (exact) mass is 672 g/mol. The summed E-state index contributed by atoms with van der Waals surface area (Å²) >= 11 is 0. The molecule has 0 aliphatic carbocycles. The third kappa shape index (κ3) is 13.5. The van der Waals surface area contributed by atoms with Gasteiger partial charge < -0.3 is 9.47 Å². The summed E-state index contributed by atoms with van der Waals surface area (Å²) < 4.78 is 12.8. The number of ether oxygens (including phenoxy) is 2. The molecule has 2 nitrogen and oxygen atoms in total. The first-order valence-corrected chi connectivity index (χ1v) is 19.9. The molecule has 4 rings (SSSR count). The van der Waals surface area contributed by atoms with E-state index in [2.05, 4.69) is 125 Å². The van der Waals surface area contributed by atoms with Gasteiger partial charge in [-0.05, 0) is 84.4 Å². The fourth-order valence-electron chi connectivity index (χ4n) is 6.69. The Morgan fingerprint density at radius 2 is 0.720 bits per heavy atom. The first kappa shape index (κ1) is 39.0. The maximum absolute atomic E-state index is 6.38. The molecule has 0 N–H and O–H groups in total. The zero-order valence-electron chi connectivity index (χ0n) is 31.8. The van der Waals surface area contributed by atoms with Crippen LogP contribution in [0, 0.1) is 13.8 Å². The Bertz CT molecular complexity index is 1410. The van der Waals surface area contributed by atoms with Crippen LogP contribution in [0.1, 0.15) is 150 Å². The van der Waals surface area contributed by atoms with Crippen LogP contribution in [0.25, 0.3) is 11.1 Å². The highest BCUT2D eigenvalue weighted by Crippen LogP contribution is 2.39. The molecule has 0 radical (unpaired) electrons. The van der Waals surface area contributed by atoms with Gasteiger partial charge in [0.2, 0.25) is 0 Å². The molecule has 0 bridgehead atoms. The topological polar surface area (TPSA) is 18.5 Å². The Kier molecular flexibility index (Phi) is 17.8. The minimum Gasteiger partial charge on any atom is -0.494 e. The van der Waals surface area contributed by atoms with Crippen LogP contribution in [-0.2, 0) is 0 Å². The van der Waals surface area contributed by atoms with Crippen LogP contribution in [0.2, 0.25) is 0 Å². The standard InChI is InChI=1S/C48H64O2/c1-5-7-9-11-13-15-17-19-35-49-45-25-21-23-43(37-45)47(41-31-27-39(3)28-32-41)48(42-33-29-40(4)30-34-42)44-24-22-26-46(38-44)50-36-20-18-16-14-12-10-8-6-2/h21-34,37-38H,5-20,35-36H2,1-4H3. The number of hydrogen-bond acceptors (Lipinski definition) is 2. The highest BCUT2D eigenvalue weighted by atomic mass is 16.5. The minimum atomic E-state index is 0.755. The summed E-state index contributed by atoms with van der Waals surface area (Å²) in [6, 6.07) is 35.3. The minimum absolute atomic E-state index is 0.755. The Morgan fingerprint density at radius 1 is 0.380 bits per heavy atom. The fourth-order valence-corrected chi connectivity index (χ4v) is 6.69. The fraction of sp³-hybridized carbons (Fsp3) is 0.458. The third-order valence-corrected chi connectivity index (χ3v) is 9.71. The van der Waals surface area contributed by atoms with E-state index in [1.165, 1.54) is 123 Å². The molecule has 0 unspecified atom stereocenters. The summed E-state index contributed by atoms with van der Waals surface area (Å²) in [7, 11) is 0. The largest absolute Gasteiger partial charge is 0.494 e. The van der Waals surface area contributed by atoms with E-state index in [1.54, 1.807) is 0 Å². The predicted octanol–water partition coefficient (Wildman–Crippen LogP) is 14.3. The molecule has 0 spiro atoms. The van der Waals surface area contributed by atoms with Crippen molar-refractivity contribution < 1.29 is 9.47 Å². The van der Waals surface area contributed by atoms with Crippen LogP contribution in [0.15, 0.2) is 97.1 Å². The highest BCUT2D eigenvalue weighted by Gasteiger charge is 2.18. The van der Waals surface area contributed by atoms with Crippen LogP contribution in [-0.4, -0.2) is 13.2 Å². The van der Waals surface area contributed by atoms with Crippen LogP contribution in [0.5, 0.6) is 11.5 Å². The van der Waals surface area contributed by atoms with E-state index in [4.69, 9.17) is 9.47 Å². The molecule has 0 aliphatic rings. The van der Waals surface area contributed by atoms with Gasteiger partial charge in [-0.15, -0.1) is 0 Å². The number of aryl methyl sites for hydroxylation is 2. The second kappa shape index (κ2) is 22.8. The number of unbranched alkanes of at least 4 members (excludes halogenated alkanes) is 14. The molecule has 0 aliphatic heterocycles. The predicted molar refractivity (Wildman–Crippen MR) is 216 cm³/mol. The average Bonchev–Trinajstić information content (AvgIpc) is 3.14. The lowest BCUT2D eigenvalue weighted by Crippen LogP contribution is -2.01. The molecule has 0 amide bonds. The number of rotatable bonds is 24. The van der Waals surface area contributed by atoms with Crippen molar-refractivity contribution in [2.24, 2.45) is 0 Å². The molecule has 268 valence electrons. The Morgan fingerprint density at radius 3 is 1.08 bits per heavy atom. The second-order valence-corrected chi connectivity index (χ2v) is 14.2. The Labute approximate surface area is 305 Å². The van der Waals surface area contributed by atoms with Crippen molar-refractivity contribution in [1.29, 1.82) is 0 Å². The normalized spacial score (nSPS) is 11.8. The van der Waals surface area contributed by atoms with E-state index >= 15 is 0 Å². The van der Waals surface area contributed by atoms with Gasteiger partial charge in [-0.3, -0.25) is 0 Å². The molecule has 0 aromatic heterocycles. The first-order chi connectivity index (χ1) is 24.6. The molecule has 4 aromatic rings. The molecular formula is C48H64O2. The SMILES string of the molecule is CCCCCCCCCCOc1cccc(C(=C(c2ccc(C)cc2)c2cccc(OCCCCCCCCCC)c2)c2ccc(C)cc2)c1. The van der Waals surface area contributed by atoms with Crippen molar-refractivity contribution in [3.05, 3.63) is 130 Å². The summed E-state index contributed by atoms with van der Waals surface area (Å²) in [5.74, 6) is 1.86. The van der Waals surface area contributed by atoms with Crippen molar-refractivity contribution in [2.45, 2.75) is 130 Å². The summed E-state index contributed by atoms with van der Waals surface area (Å²) in [5.41, 5.74) is 9.60. The van der Waals surface area contributed by atoms with Crippen molar-refractivity contribution in [3.8, 4) is 11.5 Å². The molecule has 0 atom stereocenters. The second-order valence-electron chi connectivity index (χ2n) is 14.2. The number of benzene rings is 4. The molecule has 50 heavy (non-hydrogen) atoms. The Balaban J connectivity index is 1.59. The lowest BCUT2D eigenvalue weighted by atomic mass is 9.85. The third-order valence-electron chi connectivity index (χ3n) is 9.71. The zero-order chi connectivity index (χ0) is 35.2. The Hall–Kier alpha value is -3.78. The summed E-state index contributed by atoms with van der Waals surface area (Å²) in [5, 5.41) is 0. The van der Waals surface area contributed by atoms with Crippen LogP contribution in [0.3, 0.4) is 0 Å². The molecule has 0 saturated carbocycles. The number of hydrogen-bond donors (Lipinski definition) is 0. The van der Waals surface area contributed by atoms with Gasteiger partial charge in [0.25, 0.3) is 0 Å². The van der Waals surface area contributed by atoms with Crippen molar-refractivity contribution in [1.82, 2.24) is 0 Å². The zero-order valence-corrected chi connectivity index (χ0v) is 31.8. The quantitative estimate of drug-likeness (QED) is 0.0545. The van der Waals surface area contributed by atoms with Crippen LogP contribution < -0.4 is 9.47 Å².